The molecule has 1 saturated carbocycles. The summed E-state index contributed by atoms with van der Waals surface area (Å²) >= 11 is 0. The molecule has 1 aliphatic rings. The van der Waals surface area contributed by atoms with Gasteiger partial charge in [0.05, 0.1) is 4.90 Å². The summed E-state index contributed by atoms with van der Waals surface area (Å²) in [5.74, 6) is 0. The maximum atomic E-state index is 14.5. The summed E-state index contributed by atoms with van der Waals surface area (Å²) in [5, 5.41) is 12.7. The van der Waals surface area contributed by atoms with E-state index in [2.05, 4.69) is 5.32 Å². The molecule has 1 aliphatic carbocycles. The third kappa shape index (κ3) is 4.05. The second-order valence-corrected chi connectivity index (χ2v) is 9.00. The van der Waals surface area contributed by atoms with E-state index in [9.17, 15) is 22.7 Å². The van der Waals surface area contributed by atoms with Crippen molar-refractivity contribution in [3.05, 3.63) is 30.3 Å². The molecule has 1 atom stereocenters. The van der Waals surface area contributed by atoms with Crippen molar-refractivity contribution in [3.8, 4) is 0 Å². The Bertz CT molecular complexity index is 693. The molecule has 0 aliphatic heterocycles. The van der Waals surface area contributed by atoms with E-state index in [0.29, 0.717) is 0 Å². The molecule has 1 aromatic rings. The minimum Gasteiger partial charge on any atom is -0.444 e. The molecule has 8 heteroatoms. The molecule has 24 heavy (non-hydrogen) atoms. The van der Waals surface area contributed by atoms with Gasteiger partial charge >= 0.3 is 6.09 Å². The first-order chi connectivity index (χ1) is 10.9. The van der Waals surface area contributed by atoms with Crippen LogP contribution in [-0.2, 0) is 14.6 Å². The molecular weight excluding hydrogens is 337 g/mol. The molecule has 0 spiro atoms. The van der Waals surface area contributed by atoms with Crippen molar-refractivity contribution < 1.29 is 27.4 Å². The van der Waals surface area contributed by atoms with Gasteiger partial charge in [0.1, 0.15) is 11.2 Å². The number of benzene rings is 1. The minimum atomic E-state index is -4.30. The van der Waals surface area contributed by atoms with Crippen molar-refractivity contribution in [3.63, 3.8) is 0 Å². The number of aliphatic hydroxyl groups is 1. The number of alkyl halides is 1. The number of alkyl carbamates (subject to hydrolysis) is 1. The number of hydrogen-bond donors (Lipinski definition) is 2. The van der Waals surface area contributed by atoms with E-state index in [1.807, 2.05) is 0 Å². The third-order valence-corrected chi connectivity index (χ3v) is 5.60. The fourth-order valence-electron chi connectivity index (χ4n) is 2.57. The summed E-state index contributed by atoms with van der Waals surface area (Å²) in [4.78, 5) is 11.4. The smallest absolute Gasteiger partial charge is 0.407 e. The van der Waals surface area contributed by atoms with Crippen LogP contribution in [0.25, 0.3) is 0 Å². The monoisotopic (exact) mass is 359 g/mol. The highest BCUT2D eigenvalue weighted by Gasteiger charge is 2.55. The number of carbonyl (C=O) groups is 1. The predicted octanol–water partition coefficient (Wildman–Crippen LogP) is 2.17. The van der Waals surface area contributed by atoms with Gasteiger partial charge in [-0.1, -0.05) is 18.2 Å². The van der Waals surface area contributed by atoms with Crippen molar-refractivity contribution in [2.45, 2.75) is 61.3 Å². The molecule has 1 amide bonds. The van der Waals surface area contributed by atoms with Crippen LogP contribution in [0.15, 0.2) is 35.2 Å². The largest absolute Gasteiger partial charge is 0.444 e. The Balaban J connectivity index is 1.98. The van der Waals surface area contributed by atoms with Gasteiger partial charge in [-0.25, -0.2) is 17.6 Å². The highest BCUT2D eigenvalue weighted by Crippen LogP contribution is 2.40. The molecule has 0 heterocycles. The van der Waals surface area contributed by atoms with Crippen molar-refractivity contribution in [1.82, 2.24) is 5.32 Å². The normalized spacial score (nSPS) is 25.5. The molecule has 134 valence electrons. The van der Waals surface area contributed by atoms with Crippen LogP contribution in [0, 0.1) is 0 Å². The Morgan fingerprint density at radius 2 is 1.88 bits per heavy atom. The zero-order chi connectivity index (χ0) is 18.2. The summed E-state index contributed by atoms with van der Waals surface area (Å²) in [5.41, 5.74) is -5.15. The van der Waals surface area contributed by atoms with Gasteiger partial charge in [0.15, 0.2) is 0 Å². The maximum absolute atomic E-state index is 14.5. The minimum absolute atomic E-state index is 0.186. The molecule has 1 aromatic carbocycles. The number of amides is 1. The van der Waals surface area contributed by atoms with Gasteiger partial charge in [-0.2, -0.15) is 0 Å². The van der Waals surface area contributed by atoms with Crippen LogP contribution in [0.3, 0.4) is 0 Å². The Hall–Kier alpha value is -1.67. The van der Waals surface area contributed by atoms with Gasteiger partial charge in [-0.05, 0) is 32.9 Å². The number of ether oxygens (including phenoxy) is 1. The van der Waals surface area contributed by atoms with Crippen LogP contribution < -0.4 is 5.32 Å². The number of sulfone groups is 1. The fourth-order valence-corrected chi connectivity index (χ4v) is 4.12. The standard InChI is InChI=1S/C16H22FNO5S/c1-15(2,3)23-14(19)18-11-9-16(20,10-11)13(17)24(21,22)12-7-5-4-6-8-12/h4-8,11,13,20H,9-10H2,1-3H3,(H,18,19). The van der Waals surface area contributed by atoms with Gasteiger partial charge in [0.25, 0.3) is 0 Å². The first-order valence-corrected chi connectivity index (χ1v) is 9.14. The van der Waals surface area contributed by atoms with E-state index in [1.54, 1.807) is 26.8 Å². The molecule has 1 unspecified atom stereocenters. The second kappa shape index (κ2) is 6.33. The maximum Gasteiger partial charge on any atom is 0.407 e. The van der Waals surface area contributed by atoms with Gasteiger partial charge < -0.3 is 15.2 Å². The average molecular weight is 359 g/mol. The van der Waals surface area contributed by atoms with E-state index >= 15 is 0 Å². The van der Waals surface area contributed by atoms with E-state index in [1.165, 1.54) is 24.3 Å². The van der Waals surface area contributed by atoms with Crippen LogP contribution in [0.4, 0.5) is 9.18 Å². The van der Waals surface area contributed by atoms with Gasteiger partial charge in [-0.3, -0.25) is 0 Å². The summed E-state index contributed by atoms with van der Waals surface area (Å²) in [6.45, 7) is 5.11. The molecule has 0 saturated heterocycles. The zero-order valence-corrected chi connectivity index (χ0v) is 14.6. The lowest BCUT2D eigenvalue weighted by Gasteiger charge is -2.44. The number of rotatable bonds is 4. The van der Waals surface area contributed by atoms with Crippen LogP contribution in [-0.4, -0.2) is 42.4 Å². The zero-order valence-electron chi connectivity index (χ0n) is 13.8. The average Bonchev–Trinajstić information content (AvgIpc) is 2.43. The lowest BCUT2D eigenvalue weighted by atomic mass is 9.76. The molecule has 0 aromatic heterocycles. The molecule has 1 fully saturated rings. The van der Waals surface area contributed by atoms with Crippen LogP contribution in [0.5, 0.6) is 0 Å². The Morgan fingerprint density at radius 3 is 2.38 bits per heavy atom. The summed E-state index contributed by atoms with van der Waals surface area (Å²) < 4.78 is 44.0. The van der Waals surface area contributed by atoms with Crippen LogP contribution in [0.2, 0.25) is 0 Å². The van der Waals surface area contributed by atoms with E-state index in [-0.39, 0.29) is 17.7 Å². The van der Waals surface area contributed by atoms with Gasteiger partial charge in [0.2, 0.25) is 15.3 Å². The molecule has 0 bridgehead atoms. The Kier molecular flexibility index (Phi) is 4.92. The predicted molar refractivity (Wildman–Crippen MR) is 85.9 cm³/mol. The molecular formula is C16H22FNO5S. The van der Waals surface area contributed by atoms with Crippen molar-refractivity contribution in [2.24, 2.45) is 0 Å². The van der Waals surface area contributed by atoms with Crippen molar-refractivity contribution in [2.75, 3.05) is 0 Å². The van der Waals surface area contributed by atoms with Crippen molar-refractivity contribution in [1.29, 1.82) is 0 Å². The summed E-state index contributed by atoms with van der Waals surface area (Å²) in [6, 6.07) is 6.61. The molecule has 6 nitrogen and oxygen atoms in total. The molecule has 2 rings (SSSR count). The molecule has 0 radical (unpaired) electrons. The summed E-state index contributed by atoms with van der Waals surface area (Å²) in [6.07, 6.45) is -1.07. The van der Waals surface area contributed by atoms with E-state index < -0.39 is 38.7 Å². The number of halogens is 1. The summed E-state index contributed by atoms with van der Waals surface area (Å²) in [7, 11) is -4.30. The number of nitrogens with one attached hydrogen (secondary N) is 1. The highest BCUT2D eigenvalue weighted by molar-refractivity contribution is 7.92. The fraction of sp³-hybridized carbons (Fsp3) is 0.562. The Labute approximate surface area is 140 Å². The van der Waals surface area contributed by atoms with Crippen LogP contribution >= 0.6 is 0 Å². The van der Waals surface area contributed by atoms with Gasteiger partial charge in [-0.15, -0.1) is 0 Å². The second-order valence-electron chi connectivity index (χ2n) is 7.03. The lowest BCUT2D eigenvalue weighted by molar-refractivity contribution is -0.0860. The first kappa shape index (κ1) is 18.7. The molecule has 2 N–H and O–H groups in total. The van der Waals surface area contributed by atoms with E-state index in [4.69, 9.17) is 4.74 Å². The SMILES string of the molecule is CC(C)(C)OC(=O)NC1CC(O)(C(F)S(=O)(=O)c2ccccc2)C1. The lowest BCUT2D eigenvalue weighted by Crippen LogP contribution is -2.61. The first-order valence-electron chi connectivity index (χ1n) is 7.59. The number of hydrogen-bond acceptors (Lipinski definition) is 5. The Morgan fingerprint density at radius 1 is 1.33 bits per heavy atom. The quantitative estimate of drug-likeness (QED) is 0.859. The third-order valence-electron chi connectivity index (χ3n) is 3.69. The van der Waals surface area contributed by atoms with Crippen molar-refractivity contribution >= 4 is 15.9 Å². The van der Waals surface area contributed by atoms with E-state index in [0.717, 1.165) is 0 Å². The number of carbonyl (C=O) groups excluding carboxylic acids is 1. The van der Waals surface area contributed by atoms with Gasteiger partial charge in [0, 0.05) is 18.9 Å². The van der Waals surface area contributed by atoms with Crippen LogP contribution in [0.1, 0.15) is 33.6 Å². The highest BCUT2D eigenvalue weighted by atomic mass is 32.2. The topological polar surface area (TPSA) is 92.7 Å².